The van der Waals surface area contributed by atoms with Gasteiger partial charge in [-0.2, -0.15) is 8.42 Å². The highest BCUT2D eigenvalue weighted by molar-refractivity contribution is 14.1. The monoisotopic (exact) mass is 388 g/mol. The van der Waals surface area contributed by atoms with Gasteiger partial charge >= 0.3 is 0 Å². The third kappa shape index (κ3) is 5.45. The molecule has 1 rings (SSSR count). The van der Waals surface area contributed by atoms with Gasteiger partial charge < -0.3 is 0 Å². The summed E-state index contributed by atoms with van der Waals surface area (Å²) in [6.07, 6.45) is 0.977. The fraction of sp³-hybridized carbons (Fsp3) is 0.400. The van der Waals surface area contributed by atoms with Crippen molar-refractivity contribution in [2.75, 3.05) is 12.9 Å². The maximum absolute atomic E-state index is 12.0. The molecule has 0 aromatic heterocycles. The molecule has 4 nitrogen and oxygen atoms in total. The van der Waals surface area contributed by atoms with Crippen LogP contribution in [0, 0.1) is 6.92 Å². The van der Waals surface area contributed by atoms with Crippen molar-refractivity contribution in [3.8, 4) is 0 Å². The SMILES string of the molecule is Cc1ccc([S@](=O)C(I)COS(C)(=O)=O)cc1. The van der Waals surface area contributed by atoms with Gasteiger partial charge in [0, 0.05) is 4.90 Å². The van der Waals surface area contributed by atoms with Crippen molar-refractivity contribution in [2.24, 2.45) is 0 Å². The minimum absolute atomic E-state index is 0.0835. The second-order valence-electron chi connectivity index (χ2n) is 3.51. The summed E-state index contributed by atoms with van der Waals surface area (Å²) in [4.78, 5) is 0.673. The molecule has 0 bridgehead atoms. The minimum Gasteiger partial charge on any atom is -0.268 e. The quantitative estimate of drug-likeness (QED) is 0.439. The van der Waals surface area contributed by atoms with Crippen LogP contribution in [-0.4, -0.2) is 28.7 Å². The molecule has 96 valence electrons. The molecule has 0 aliphatic carbocycles. The topological polar surface area (TPSA) is 60.4 Å². The Kier molecular flexibility index (Phi) is 5.55. The van der Waals surface area contributed by atoms with Crippen LogP contribution in [0.5, 0.6) is 0 Å². The second-order valence-corrected chi connectivity index (χ2v) is 9.14. The summed E-state index contributed by atoms with van der Waals surface area (Å²) in [5.41, 5.74) is 1.09. The fourth-order valence-corrected chi connectivity index (χ4v) is 3.72. The van der Waals surface area contributed by atoms with Gasteiger partial charge in [-0.25, -0.2) is 0 Å². The maximum Gasteiger partial charge on any atom is 0.264 e. The number of aryl methyl sites for hydroxylation is 1. The van der Waals surface area contributed by atoms with Crippen molar-refractivity contribution >= 4 is 43.5 Å². The first-order valence-electron chi connectivity index (χ1n) is 4.75. The first-order chi connectivity index (χ1) is 7.79. The first-order valence-corrected chi connectivity index (χ1v) is 9.03. The minimum atomic E-state index is -3.48. The largest absolute Gasteiger partial charge is 0.268 e. The van der Waals surface area contributed by atoms with Crippen molar-refractivity contribution in [1.29, 1.82) is 0 Å². The van der Waals surface area contributed by atoms with E-state index in [2.05, 4.69) is 4.18 Å². The van der Waals surface area contributed by atoms with Crippen LogP contribution in [0.15, 0.2) is 29.2 Å². The molecule has 0 saturated carbocycles. The first kappa shape index (κ1) is 15.1. The third-order valence-electron chi connectivity index (χ3n) is 1.90. The van der Waals surface area contributed by atoms with E-state index in [0.717, 1.165) is 11.8 Å². The summed E-state index contributed by atoms with van der Waals surface area (Å²) in [6.45, 7) is 1.86. The van der Waals surface area contributed by atoms with Crippen LogP contribution >= 0.6 is 22.6 Å². The van der Waals surface area contributed by atoms with Crippen LogP contribution in [0.25, 0.3) is 0 Å². The summed E-state index contributed by atoms with van der Waals surface area (Å²) in [5, 5.41) is 0. The maximum atomic E-state index is 12.0. The smallest absolute Gasteiger partial charge is 0.264 e. The highest BCUT2D eigenvalue weighted by Gasteiger charge is 2.17. The number of benzene rings is 1. The zero-order chi connectivity index (χ0) is 13.1. The molecular weight excluding hydrogens is 375 g/mol. The van der Waals surface area contributed by atoms with E-state index >= 15 is 0 Å². The molecule has 0 heterocycles. The Morgan fingerprint density at radius 1 is 1.35 bits per heavy atom. The predicted octanol–water partition coefficient (Wildman–Crippen LogP) is 1.84. The lowest BCUT2D eigenvalue weighted by Crippen LogP contribution is -2.17. The molecular formula is C10H13IO4S2. The fourth-order valence-electron chi connectivity index (χ4n) is 1.06. The lowest BCUT2D eigenvalue weighted by molar-refractivity contribution is 0.341. The molecule has 0 spiro atoms. The van der Waals surface area contributed by atoms with Crippen molar-refractivity contribution in [3.63, 3.8) is 0 Å². The van der Waals surface area contributed by atoms with Crippen LogP contribution in [0.4, 0.5) is 0 Å². The molecule has 17 heavy (non-hydrogen) atoms. The molecule has 1 unspecified atom stereocenters. The third-order valence-corrected chi connectivity index (χ3v) is 5.55. The number of rotatable bonds is 5. The Bertz CT molecular complexity index is 496. The van der Waals surface area contributed by atoms with Crippen LogP contribution < -0.4 is 0 Å². The van der Waals surface area contributed by atoms with E-state index in [1.165, 1.54) is 0 Å². The molecule has 2 atom stereocenters. The lowest BCUT2D eigenvalue weighted by atomic mass is 10.2. The summed E-state index contributed by atoms with van der Waals surface area (Å²) < 4.78 is 37.9. The van der Waals surface area contributed by atoms with E-state index in [1.807, 2.05) is 41.6 Å². The molecule has 0 aliphatic rings. The number of hydrogen-bond acceptors (Lipinski definition) is 4. The summed E-state index contributed by atoms with van der Waals surface area (Å²) in [5.74, 6) is 0. The van der Waals surface area contributed by atoms with E-state index in [4.69, 9.17) is 0 Å². The van der Waals surface area contributed by atoms with Crippen molar-refractivity contribution < 1.29 is 16.8 Å². The highest BCUT2D eigenvalue weighted by atomic mass is 127. The van der Waals surface area contributed by atoms with Crippen LogP contribution in [0.2, 0.25) is 0 Å². The van der Waals surface area contributed by atoms with E-state index in [9.17, 15) is 12.6 Å². The molecule has 0 saturated heterocycles. The Morgan fingerprint density at radius 3 is 2.35 bits per heavy atom. The zero-order valence-electron chi connectivity index (χ0n) is 9.42. The van der Waals surface area contributed by atoms with Gasteiger partial charge in [-0.15, -0.1) is 0 Å². The van der Waals surface area contributed by atoms with Gasteiger partial charge in [0.15, 0.2) is 0 Å². The summed E-state index contributed by atoms with van der Waals surface area (Å²) in [6, 6.07) is 7.29. The molecule has 1 aromatic carbocycles. The summed E-state index contributed by atoms with van der Waals surface area (Å²) in [7, 11) is -4.75. The van der Waals surface area contributed by atoms with Gasteiger partial charge in [-0.1, -0.05) is 40.3 Å². The Hall–Kier alpha value is 0.01000. The second kappa shape index (κ2) is 6.26. The van der Waals surface area contributed by atoms with E-state index in [-0.39, 0.29) is 6.61 Å². The van der Waals surface area contributed by atoms with E-state index in [1.54, 1.807) is 12.1 Å². The van der Waals surface area contributed by atoms with Gasteiger partial charge in [0.25, 0.3) is 10.1 Å². The normalized spacial score (nSPS) is 15.5. The van der Waals surface area contributed by atoms with Crippen molar-refractivity contribution in [2.45, 2.75) is 15.1 Å². The standard InChI is InChI=1S/C10H13IO4S2/c1-8-3-5-9(6-4-8)16(12)10(11)7-15-17(2,13)14/h3-6,10H,7H2,1-2H3/t10?,16-/m0/s1. The van der Waals surface area contributed by atoms with E-state index < -0.39 is 24.2 Å². The Balaban J connectivity index is 2.67. The van der Waals surface area contributed by atoms with Crippen molar-refractivity contribution in [1.82, 2.24) is 0 Å². The molecule has 0 N–H and O–H groups in total. The van der Waals surface area contributed by atoms with Crippen LogP contribution in [0.3, 0.4) is 0 Å². The van der Waals surface area contributed by atoms with E-state index in [0.29, 0.717) is 4.90 Å². The van der Waals surface area contributed by atoms with Crippen LogP contribution in [-0.2, 0) is 25.1 Å². The van der Waals surface area contributed by atoms with Gasteiger partial charge in [0.05, 0.1) is 23.7 Å². The lowest BCUT2D eigenvalue weighted by Gasteiger charge is -2.09. The Labute approximate surface area is 117 Å². The summed E-state index contributed by atoms with van der Waals surface area (Å²) >= 11 is 1.93. The average Bonchev–Trinajstić information content (AvgIpc) is 2.25. The van der Waals surface area contributed by atoms with Gasteiger partial charge in [-0.05, 0) is 19.1 Å². The van der Waals surface area contributed by atoms with Gasteiger partial charge in [0.1, 0.15) is 3.26 Å². The molecule has 0 radical (unpaired) electrons. The predicted molar refractivity (Wildman–Crippen MR) is 76.2 cm³/mol. The molecule has 1 aromatic rings. The highest BCUT2D eigenvalue weighted by Crippen LogP contribution is 2.17. The molecule has 0 fully saturated rings. The Morgan fingerprint density at radius 2 is 1.88 bits per heavy atom. The molecule has 0 aliphatic heterocycles. The average molecular weight is 388 g/mol. The van der Waals surface area contributed by atoms with Gasteiger partial charge in [-0.3, -0.25) is 8.39 Å². The van der Waals surface area contributed by atoms with Crippen LogP contribution in [0.1, 0.15) is 5.56 Å². The van der Waals surface area contributed by atoms with Crippen molar-refractivity contribution in [3.05, 3.63) is 29.8 Å². The number of alkyl halides is 1. The zero-order valence-corrected chi connectivity index (χ0v) is 13.2. The number of hydrogen-bond donors (Lipinski definition) is 0. The molecule has 7 heteroatoms. The number of halogens is 1. The molecule has 0 amide bonds. The van der Waals surface area contributed by atoms with Gasteiger partial charge in [0.2, 0.25) is 0 Å².